The predicted molar refractivity (Wildman–Crippen MR) is 101 cm³/mol. The van der Waals surface area contributed by atoms with Gasteiger partial charge in [-0.25, -0.2) is 4.98 Å². The van der Waals surface area contributed by atoms with Gasteiger partial charge in [0, 0.05) is 23.5 Å². The molecule has 5 heteroatoms. The van der Waals surface area contributed by atoms with Gasteiger partial charge in [0.05, 0.1) is 0 Å². The zero-order valence-corrected chi connectivity index (χ0v) is 14.7. The molecular weight excluding hydrogens is 320 g/mol. The summed E-state index contributed by atoms with van der Waals surface area (Å²) < 4.78 is 0. The maximum absolute atomic E-state index is 6.06. The SMILES string of the molecule is Cc1ccc(Cl)cc1Nc1nccc(NCCC2=CCCCC2)n1. The summed E-state index contributed by atoms with van der Waals surface area (Å²) >= 11 is 6.06. The fourth-order valence-corrected chi connectivity index (χ4v) is 3.02. The highest BCUT2D eigenvalue weighted by atomic mass is 35.5. The van der Waals surface area contributed by atoms with E-state index >= 15 is 0 Å². The molecule has 0 atom stereocenters. The third-order valence-electron chi connectivity index (χ3n) is 4.24. The molecule has 24 heavy (non-hydrogen) atoms. The molecule has 2 N–H and O–H groups in total. The molecule has 0 spiro atoms. The summed E-state index contributed by atoms with van der Waals surface area (Å²) in [6.45, 7) is 2.93. The lowest BCUT2D eigenvalue weighted by Gasteiger charge is -2.13. The lowest BCUT2D eigenvalue weighted by Crippen LogP contribution is -2.07. The number of anilines is 3. The number of benzene rings is 1. The predicted octanol–water partition coefficient (Wildman–Crippen LogP) is 5.48. The molecule has 0 radical (unpaired) electrons. The zero-order valence-electron chi connectivity index (χ0n) is 14.0. The fourth-order valence-electron chi connectivity index (χ4n) is 2.85. The summed E-state index contributed by atoms with van der Waals surface area (Å²) in [7, 11) is 0. The molecule has 1 heterocycles. The lowest BCUT2D eigenvalue weighted by atomic mass is 9.97. The Morgan fingerprint density at radius 1 is 1.21 bits per heavy atom. The number of nitrogens with zero attached hydrogens (tertiary/aromatic N) is 2. The Morgan fingerprint density at radius 3 is 2.96 bits per heavy atom. The van der Waals surface area contributed by atoms with Gasteiger partial charge in [-0.05, 0) is 62.8 Å². The molecule has 0 fully saturated rings. The van der Waals surface area contributed by atoms with Gasteiger partial charge in [-0.3, -0.25) is 0 Å². The van der Waals surface area contributed by atoms with E-state index in [0.29, 0.717) is 11.0 Å². The van der Waals surface area contributed by atoms with E-state index in [1.54, 1.807) is 11.8 Å². The highest BCUT2D eigenvalue weighted by Gasteiger charge is 2.05. The molecule has 1 aromatic carbocycles. The van der Waals surface area contributed by atoms with Gasteiger partial charge in [0.1, 0.15) is 5.82 Å². The zero-order chi connectivity index (χ0) is 16.8. The van der Waals surface area contributed by atoms with Crippen LogP contribution >= 0.6 is 11.6 Å². The van der Waals surface area contributed by atoms with Gasteiger partial charge in [0.25, 0.3) is 0 Å². The summed E-state index contributed by atoms with van der Waals surface area (Å²) in [6.07, 6.45) is 10.4. The quantitative estimate of drug-likeness (QED) is 0.682. The molecule has 4 nitrogen and oxygen atoms in total. The van der Waals surface area contributed by atoms with Crippen molar-refractivity contribution in [3.8, 4) is 0 Å². The van der Waals surface area contributed by atoms with E-state index in [4.69, 9.17) is 11.6 Å². The monoisotopic (exact) mass is 342 g/mol. The molecule has 1 aliphatic carbocycles. The van der Waals surface area contributed by atoms with Gasteiger partial charge >= 0.3 is 0 Å². The average molecular weight is 343 g/mol. The first kappa shape index (κ1) is 16.8. The third kappa shape index (κ3) is 4.71. The summed E-state index contributed by atoms with van der Waals surface area (Å²) in [4.78, 5) is 8.81. The summed E-state index contributed by atoms with van der Waals surface area (Å²) in [5, 5.41) is 7.31. The van der Waals surface area contributed by atoms with Crippen LogP contribution in [0.4, 0.5) is 17.5 Å². The van der Waals surface area contributed by atoms with Crippen molar-refractivity contribution in [2.45, 2.75) is 39.0 Å². The van der Waals surface area contributed by atoms with E-state index in [-0.39, 0.29) is 0 Å². The molecule has 0 bridgehead atoms. The van der Waals surface area contributed by atoms with Crippen LogP contribution < -0.4 is 10.6 Å². The van der Waals surface area contributed by atoms with Crippen LogP contribution in [0.15, 0.2) is 42.1 Å². The Balaban J connectivity index is 1.59. The normalized spacial score (nSPS) is 14.2. The van der Waals surface area contributed by atoms with Gasteiger partial charge in [-0.1, -0.05) is 29.3 Å². The van der Waals surface area contributed by atoms with Crippen molar-refractivity contribution in [2.24, 2.45) is 0 Å². The number of rotatable bonds is 6. The van der Waals surface area contributed by atoms with Crippen LogP contribution in [0.2, 0.25) is 5.02 Å². The molecule has 0 saturated carbocycles. The van der Waals surface area contributed by atoms with Crippen molar-refractivity contribution in [3.63, 3.8) is 0 Å². The van der Waals surface area contributed by atoms with Crippen molar-refractivity contribution in [2.75, 3.05) is 17.2 Å². The van der Waals surface area contributed by atoms with Crippen LogP contribution in [0.1, 0.15) is 37.7 Å². The van der Waals surface area contributed by atoms with Gasteiger partial charge < -0.3 is 10.6 Å². The Hall–Kier alpha value is -2.07. The minimum Gasteiger partial charge on any atom is -0.370 e. The van der Waals surface area contributed by atoms with Crippen molar-refractivity contribution in [1.29, 1.82) is 0 Å². The molecule has 1 aliphatic rings. The lowest BCUT2D eigenvalue weighted by molar-refractivity contribution is 0.679. The van der Waals surface area contributed by atoms with Crippen LogP contribution in [0, 0.1) is 6.92 Å². The second-order valence-corrected chi connectivity index (χ2v) is 6.57. The average Bonchev–Trinajstić information content (AvgIpc) is 2.60. The Labute approximate surface area is 148 Å². The Bertz CT molecular complexity index is 727. The number of aryl methyl sites for hydroxylation is 1. The minimum atomic E-state index is 0.572. The van der Waals surface area contributed by atoms with Crippen molar-refractivity contribution < 1.29 is 0 Å². The number of hydrogen-bond acceptors (Lipinski definition) is 4. The number of aromatic nitrogens is 2. The number of halogens is 1. The van der Waals surface area contributed by atoms with Crippen molar-refractivity contribution in [1.82, 2.24) is 9.97 Å². The number of nitrogens with one attached hydrogen (secondary N) is 2. The van der Waals surface area contributed by atoms with E-state index in [0.717, 1.165) is 30.0 Å². The molecule has 2 aromatic rings. The second kappa shape index (κ2) is 8.15. The largest absolute Gasteiger partial charge is 0.370 e. The Morgan fingerprint density at radius 2 is 2.12 bits per heavy atom. The van der Waals surface area contributed by atoms with Crippen LogP contribution in [0.25, 0.3) is 0 Å². The summed E-state index contributed by atoms with van der Waals surface area (Å²) in [5.41, 5.74) is 3.59. The summed E-state index contributed by atoms with van der Waals surface area (Å²) in [5.74, 6) is 1.41. The first-order valence-electron chi connectivity index (χ1n) is 8.49. The van der Waals surface area contributed by atoms with Gasteiger partial charge in [0.2, 0.25) is 5.95 Å². The standard InChI is InChI=1S/C19H23ClN4/c1-14-7-8-16(20)13-17(14)23-19-22-12-10-18(24-19)21-11-9-15-5-3-2-4-6-15/h5,7-8,10,12-13H,2-4,6,9,11H2,1H3,(H2,21,22,23,24). The van der Waals surface area contributed by atoms with Crippen LogP contribution in [0.3, 0.4) is 0 Å². The third-order valence-corrected chi connectivity index (χ3v) is 4.47. The smallest absolute Gasteiger partial charge is 0.229 e. The maximum Gasteiger partial charge on any atom is 0.229 e. The van der Waals surface area contributed by atoms with Crippen LogP contribution in [0.5, 0.6) is 0 Å². The maximum atomic E-state index is 6.06. The highest BCUT2D eigenvalue weighted by Crippen LogP contribution is 2.23. The molecule has 0 amide bonds. The first-order valence-corrected chi connectivity index (χ1v) is 8.86. The molecule has 0 saturated heterocycles. The number of allylic oxidation sites excluding steroid dienone is 1. The highest BCUT2D eigenvalue weighted by molar-refractivity contribution is 6.30. The molecule has 126 valence electrons. The first-order chi connectivity index (χ1) is 11.7. The second-order valence-electron chi connectivity index (χ2n) is 6.13. The van der Waals surface area contributed by atoms with Gasteiger partial charge in [-0.15, -0.1) is 0 Å². The molecule has 1 aromatic heterocycles. The molecule has 3 rings (SSSR count). The van der Waals surface area contributed by atoms with Crippen molar-refractivity contribution >= 4 is 29.1 Å². The molecular formula is C19H23ClN4. The van der Waals surface area contributed by atoms with E-state index in [2.05, 4.69) is 26.7 Å². The number of hydrogen-bond donors (Lipinski definition) is 2. The van der Waals surface area contributed by atoms with Crippen LogP contribution in [-0.2, 0) is 0 Å². The van der Waals surface area contributed by atoms with E-state index in [1.807, 2.05) is 31.2 Å². The topological polar surface area (TPSA) is 49.8 Å². The van der Waals surface area contributed by atoms with E-state index < -0.39 is 0 Å². The van der Waals surface area contributed by atoms with Crippen molar-refractivity contribution in [3.05, 3.63) is 52.7 Å². The Kier molecular flexibility index (Phi) is 5.70. The van der Waals surface area contributed by atoms with Gasteiger partial charge in [-0.2, -0.15) is 4.98 Å². The van der Waals surface area contributed by atoms with Crippen LogP contribution in [-0.4, -0.2) is 16.5 Å². The van der Waals surface area contributed by atoms with E-state index in [1.165, 1.54) is 25.7 Å². The van der Waals surface area contributed by atoms with Gasteiger partial charge in [0.15, 0.2) is 0 Å². The van der Waals surface area contributed by atoms with E-state index in [9.17, 15) is 0 Å². The minimum absolute atomic E-state index is 0.572. The molecule has 0 unspecified atom stereocenters. The summed E-state index contributed by atoms with van der Waals surface area (Å²) in [6, 6.07) is 7.63. The fraction of sp³-hybridized carbons (Fsp3) is 0.368. The molecule has 0 aliphatic heterocycles.